The molecular weight excluding hydrogens is 140 g/mol. The largest absolute Gasteiger partial charge is 0.234 e. The van der Waals surface area contributed by atoms with Crippen molar-refractivity contribution in [1.82, 2.24) is 0 Å². The predicted molar refractivity (Wildman–Crippen MR) is 43.5 cm³/mol. The van der Waals surface area contributed by atoms with E-state index in [-0.39, 0.29) is 0 Å². The molecule has 0 N–H and O–H groups in total. The van der Waals surface area contributed by atoms with Gasteiger partial charge in [0, 0.05) is 11.1 Å². The molecule has 0 spiro atoms. The summed E-state index contributed by atoms with van der Waals surface area (Å²) in [6.07, 6.45) is 2.53. The summed E-state index contributed by atoms with van der Waals surface area (Å²) in [6.45, 7) is 5.11. The molecule has 0 amide bonds. The Hall–Kier alpha value is -1.36. The van der Waals surface area contributed by atoms with Crippen LogP contribution in [0.4, 0.5) is 0 Å². The lowest BCUT2D eigenvalue weighted by Crippen LogP contribution is -1.82. The van der Waals surface area contributed by atoms with Gasteiger partial charge in [0.2, 0.25) is 0 Å². The van der Waals surface area contributed by atoms with Crippen LogP contribution in [-0.4, -0.2) is 11.9 Å². The molecule has 11 heavy (non-hydrogen) atoms. The van der Waals surface area contributed by atoms with Crippen LogP contribution in [0.2, 0.25) is 0 Å². The van der Waals surface area contributed by atoms with Crippen LogP contribution < -0.4 is 0 Å². The van der Waals surface area contributed by atoms with Crippen LogP contribution in [0.15, 0.2) is 23.8 Å². The number of hydrogen-bond donors (Lipinski definition) is 0. The van der Waals surface area contributed by atoms with Crippen LogP contribution in [0.3, 0.4) is 0 Å². The van der Waals surface area contributed by atoms with Crippen molar-refractivity contribution >= 4 is 11.9 Å². The van der Waals surface area contributed by atoms with E-state index in [0.717, 1.165) is 0 Å². The third kappa shape index (κ3) is 4.10. The van der Waals surface area contributed by atoms with Crippen molar-refractivity contribution in [2.75, 3.05) is 0 Å². The SMILES string of the molecule is C=CC(=C=O)CCC(C)=C=O. The average Bonchev–Trinajstić information content (AvgIpc) is 2.06. The molecular formula is C9H10O2. The van der Waals surface area contributed by atoms with E-state index in [1.54, 1.807) is 18.8 Å². The summed E-state index contributed by atoms with van der Waals surface area (Å²) < 4.78 is 0. The van der Waals surface area contributed by atoms with Crippen LogP contribution in [-0.2, 0) is 9.59 Å². The molecule has 0 radical (unpaired) electrons. The third-order valence-electron chi connectivity index (χ3n) is 1.32. The van der Waals surface area contributed by atoms with Gasteiger partial charge in [0.25, 0.3) is 0 Å². The molecule has 0 saturated heterocycles. The first kappa shape index (κ1) is 9.64. The van der Waals surface area contributed by atoms with Gasteiger partial charge in [-0.2, -0.15) is 0 Å². The quantitative estimate of drug-likeness (QED) is 0.449. The summed E-state index contributed by atoms with van der Waals surface area (Å²) in [6, 6.07) is 0. The van der Waals surface area contributed by atoms with Crippen LogP contribution >= 0.6 is 0 Å². The molecule has 0 aromatic rings. The Labute approximate surface area is 65.9 Å². The lowest BCUT2D eigenvalue weighted by Gasteiger charge is -1.93. The molecule has 0 bridgehead atoms. The summed E-state index contributed by atoms with van der Waals surface area (Å²) >= 11 is 0. The lowest BCUT2D eigenvalue weighted by atomic mass is 10.1. The summed E-state index contributed by atoms with van der Waals surface area (Å²) in [7, 11) is 0. The zero-order chi connectivity index (χ0) is 8.69. The van der Waals surface area contributed by atoms with Crippen molar-refractivity contribution in [2.24, 2.45) is 0 Å². The van der Waals surface area contributed by atoms with Crippen LogP contribution in [0.25, 0.3) is 0 Å². The van der Waals surface area contributed by atoms with Crippen molar-refractivity contribution in [1.29, 1.82) is 0 Å². The zero-order valence-electron chi connectivity index (χ0n) is 6.52. The molecule has 0 unspecified atom stereocenters. The zero-order valence-corrected chi connectivity index (χ0v) is 6.52. The second kappa shape index (κ2) is 5.43. The summed E-state index contributed by atoms with van der Waals surface area (Å²) in [5, 5.41) is 0. The maximum atomic E-state index is 10.1. The second-order valence-corrected chi connectivity index (χ2v) is 2.21. The van der Waals surface area contributed by atoms with Gasteiger partial charge in [0.15, 0.2) is 0 Å². The van der Waals surface area contributed by atoms with Gasteiger partial charge in [0.05, 0.1) is 0 Å². The van der Waals surface area contributed by atoms with Crippen molar-refractivity contribution in [3.05, 3.63) is 23.8 Å². The van der Waals surface area contributed by atoms with Crippen LogP contribution in [0.1, 0.15) is 19.8 Å². The third-order valence-corrected chi connectivity index (χ3v) is 1.32. The molecule has 0 fully saturated rings. The minimum Gasteiger partial charge on any atom is -0.234 e. The predicted octanol–water partition coefficient (Wildman–Crippen LogP) is 1.49. The molecule has 0 atom stereocenters. The van der Waals surface area contributed by atoms with Crippen molar-refractivity contribution < 1.29 is 9.59 Å². The Morgan fingerprint density at radius 1 is 1.36 bits per heavy atom. The maximum absolute atomic E-state index is 10.1. The van der Waals surface area contributed by atoms with Crippen LogP contribution in [0.5, 0.6) is 0 Å². The molecule has 0 aliphatic carbocycles. The standard InChI is InChI=1S/C9H10O2/c1-3-9(7-11)5-4-8(2)6-10/h3H,1,4-5H2,2H3. The first-order valence-corrected chi connectivity index (χ1v) is 3.31. The molecule has 0 saturated carbocycles. The molecule has 0 aliphatic rings. The highest BCUT2D eigenvalue weighted by Gasteiger charge is 1.94. The monoisotopic (exact) mass is 150 g/mol. The van der Waals surface area contributed by atoms with E-state index < -0.39 is 0 Å². The minimum absolute atomic E-state index is 0.500. The van der Waals surface area contributed by atoms with E-state index in [1.807, 2.05) is 0 Å². The number of allylic oxidation sites excluding steroid dienone is 3. The van der Waals surface area contributed by atoms with E-state index in [0.29, 0.717) is 24.0 Å². The normalized spacial score (nSPS) is 7.73. The van der Waals surface area contributed by atoms with Crippen molar-refractivity contribution in [3.8, 4) is 0 Å². The molecule has 58 valence electrons. The number of carbonyl (C=O) groups excluding carboxylic acids is 2. The Bertz CT molecular complexity index is 238. The van der Waals surface area contributed by atoms with Gasteiger partial charge in [-0.1, -0.05) is 12.7 Å². The topological polar surface area (TPSA) is 34.1 Å². The second-order valence-electron chi connectivity index (χ2n) is 2.21. The highest BCUT2D eigenvalue weighted by molar-refractivity contribution is 5.57. The van der Waals surface area contributed by atoms with E-state index in [1.165, 1.54) is 6.08 Å². The minimum atomic E-state index is 0.500. The smallest absolute Gasteiger partial charge is 0.127 e. The van der Waals surface area contributed by atoms with Gasteiger partial charge in [-0.15, -0.1) is 0 Å². The maximum Gasteiger partial charge on any atom is 0.127 e. The fourth-order valence-electron chi connectivity index (χ4n) is 0.568. The number of hydrogen-bond acceptors (Lipinski definition) is 2. The van der Waals surface area contributed by atoms with Gasteiger partial charge in [-0.3, -0.25) is 0 Å². The Morgan fingerprint density at radius 3 is 2.36 bits per heavy atom. The first-order chi connectivity index (χ1) is 5.24. The van der Waals surface area contributed by atoms with Gasteiger partial charge in [0.1, 0.15) is 11.9 Å². The van der Waals surface area contributed by atoms with Crippen molar-refractivity contribution in [2.45, 2.75) is 19.8 Å². The van der Waals surface area contributed by atoms with E-state index in [2.05, 4.69) is 6.58 Å². The summed E-state index contributed by atoms with van der Waals surface area (Å²) in [5.74, 6) is 3.49. The Balaban J connectivity index is 3.98. The molecule has 0 aliphatic heterocycles. The van der Waals surface area contributed by atoms with E-state index in [4.69, 9.17) is 0 Å². The molecule has 0 aromatic carbocycles. The first-order valence-electron chi connectivity index (χ1n) is 3.31. The Morgan fingerprint density at radius 2 is 2.00 bits per heavy atom. The molecule has 2 nitrogen and oxygen atoms in total. The average molecular weight is 150 g/mol. The molecule has 0 aromatic heterocycles. The fraction of sp³-hybridized carbons (Fsp3) is 0.333. The van der Waals surface area contributed by atoms with E-state index >= 15 is 0 Å². The molecule has 2 heteroatoms. The van der Waals surface area contributed by atoms with Crippen LogP contribution in [0, 0.1) is 0 Å². The molecule has 0 rings (SSSR count). The van der Waals surface area contributed by atoms with Gasteiger partial charge < -0.3 is 0 Å². The summed E-state index contributed by atoms with van der Waals surface area (Å²) in [5.41, 5.74) is 1.11. The Kier molecular flexibility index (Phi) is 4.76. The van der Waals surface area contributed by atoms with Gasteiger partial charge in [-0.25, -0.2) is 9.59 Å². The van der Waals surface area contributed by atoms with Gasteiger partial charge >= 0.3 is 0 Å². The number of rotatable bonds is 4. The highest BCUT2D eigenvalue weighted by Crippen LogP contribution is 2.06. The van der Waals surface area contributed by atoms with Crippen molar-refractivity contribution in [3.63, 3.8) is 0 Å². The summed E-state index contributed by atoms with van der Waals surface area (Å²) in [4.78, 5) is 20.1. The van der Waals surface area contributed by atoms with Gasteiger partial charge in [-0.05, 0) is 19.8 Å². The molecule has 0 heterocycles. The fourth-order valence-corrected chi connectivity index (χ4v) is 0.568. The highest BCUT2D eigenvalue weighted by atomic mass is 16.1. The van der Waals surface area contributed by atoms with E-state index in [9.17, 15) is 9.59 Å². The lowest BCUT2D eigenvalue weighted by molar-refractivity contribution is 0.564.